The highest BCUT2D eigenvalue weighted by molar-refractivity contribution is 7.97. The number of ether oxygens (including phenoxy) is 1. The van der Waals surface area contributed by atoms with E-state index in [4.69, 9.17) is 20.9 Å². The third kappa shape index (κ3) is 6.56. The summed E-state index contributed by atoms with van der Waals surface area (Å²) in [6.07, 6.45) is 2.37. The number of amidine groups is 1. The maximum absolute atomic E-state index is 12.8. The van der Waals surface area contributed by atoms with Crippen molar-refractivity contribution in [1.82, 2.24) is 15.0 Å². The number of aromatic nitrogens is 1. The Hall–Kier alpha value is -3.24. The Morgan fingerprint density at radius 2 is 1.86 bits per heavy atom. The van der Waals surface area contributed by atoms with E-state index in [1.807, 2.05) is 66.7 Å². The lowest BCUT2D eigenvalue weighted by atomic mass is 10.0. The van der Waals surface area contributed by atoms with Crippen LogP contribution in [0.25, 0.3) is 10.2 Å². The number of para-hydroxylation sites is 1. The third-order valence-electron chi connectivity index (χ3n) is 6.26. The quantitative estimate of drug-likeness (QED) is 0.136. The van der Waals surface area contributed by atoms with Crippen LogP contribution in [0.5, 0.6) is 0 Å². The number of nitrogen functional groups attached to an aromatic ring is 1. The van der Waals surface area contributed by atoms with Gasteiger partial charge < -0.3 is 15.8 Å². The number of nitrogens with one attached hydrogen (secondary N) is 3. The first-order valence-electron chi connectivity index (χ1n) is 12.2. The maximum Gasteiger partial charge on any atom is 0.251 e. The molecule has 2 heterocycles. The van der Waals surface area contributed by atoms with Gasteiger partial charge >= 0.3 is 0 Å². The van der Waals surface area contributed by atoms with Gasteiger partial charge in [0.1, 0.15) is 10.8 Å². The van der Waals surface area contributed by atoms with Crippen LogP contribution in [0, 0.1) is 5.41 Å². The fourth-order valence-corrected chi connectivity index (χ4v) is 6.17. The van der Waals surface area contributed by atoms with E-state index in [0.29, 0.717) is 30.8 Å². The zero-order valence-electron chi connectivity index (χ0n) is 20.3. The van der Waals surface area contributed by atoms with Gasteiger partial charge in [0, 0.05) is 35.3 Å². The molecule has 1 unspecified atom stereocenters. The lowest BCUT2D eigenvalue weighted by molar-refractivity contribution is 0.0696. The largest absolute Gasteiger partial charge is 0.384 e. The van der Waals surface area contributed by atoms with Gasteiger partial charge in [0.25, 0.3) is 5.91 Å². The predicted molar refractivity (Wildman–Crippen MR) is 150 cm³/mol. The molecule has 7 nitrogen and oxygen atoms in total. The van der Waals surface area contributed by atoms with Crippen LogP contribution in [0.3, 0.4) is 0 Å². The Morgan fingerprint density at radius 1 is 1.08 bits per heavy atom. The van der Waals surface area contributed by atoms with Gasteiger partial charge in [-0.3, -0.25) is 10.2 Å². The van der Waals surface area contributed by atoms with Gasteiger partial charge in [0.15, 0.2) is 0 Å². The van der Waals surface area contributed by atoms with Crippen molar-refractivity contribution in [3.63, 3.8) is 0 Å². The molecule has 0 spiro atoms. The number of carbonyl (C=O) groups excluding carboxylic acids is 1. The number of carbonyl (C=O) groups is 1. The van der Waals surface area contributed by atoms with Crippen LogP contribution in [0.4, 0.5) is 0 Å². The van der Waals surface area contributed by atoms with Crippen LogP contribution in [-0.2, 0) is 11.2 Å². The zero-order chi connectivity index (χ0) is 25.6. The molecule has 37 heavy (non-hydrogen) atoms. The fraction of sp³-hybridized carbons (Fsp3) is 0.250. The molecule has 3 aromatic carbocycles. The number of nitrogens with zero attached hydrogens (tertiary/aromatic N) is 1. The summed E-state index contributed by atoms with van der Waals surface area (Å²) in [5, 5.41) is 11.9. The van der Waals surface area contributed by atoms with Crippen molar-refractivity contribution in [3.8, 4) is 0 Å². The highest BCUT2D eigenvalue weighted by Crippen LogP contribution is 2.31. The minimum atomic E-state index is -0.0793. The first kappa shape index (κ1) is 25.4. The van der Waals surface area contributed by atoms with Gasteiger partial charge in [-0.1, -0.05) is 36.4 Å². The van der Waals surface area contributed by atoms with E-state index in [9.17, 15) is 4.79 Å². The van der Waals surface area contributed by atoms with Crippen molar-refractivity contribution in [1.29, 1.82) is 5.41 Å². The van der Waals surface area contributed by atoms with Crippen molar-refractivity contribution in [2.75, 3.05) is 13.2 Å². The molecule has 0 saturated carbocycles. The maximum atomic E-state index is 12.8. The van der Waals surface area contributed by atoms with Gasteiger partial charge in [-0.25, -0.2) is 9.71 Å². The molecule has 1 amide bonds. The van der Waals surface area contributed by atoms with Crippen LogP contribution < -0.4 is 15.8 Å². The monoisotopic (exact) mass is 531 g/mol. The molecular weight excluding hydrogens is 502 g/mol. The summed E-state index contributed by atoms with van der Waals surface area (Å²) < 4.78 is 10.1. The first-order chi connectivity index (χ1) is 18.0. The number of nitrogens with two attached hydrogens (primary N) is 1. The SMILES string of the molecule is N=C(N)c1cccc(CC(NSc2cccc(C(=O)NC3CCOCC3)c2)c2nc3ccccc3s2)c1. The average molecular weight is 532 g/mol. The van der Waals surface area contributed by atoms with Crippen molar-refractivity contribution in [2.24, 2.45) is 5.73 Å². The Bertz CT molecular complexity index is 1370. The number of amides is 1. The van der Waals surface area contributed by atoms with E-state index in [2.05, 4.69) is 16.1 Å². The molecule has 1 aliphatic heterocycles. The minimum Gasteiger partial charge on any atom is -0.384 e. The highest BCUT2D eigenvalue weighted by atomic mass is 32.2. The van der Waals surface area contributed by atoms with E-state index in [0.717, 1.165) is 38.5 Å². The van der Waals surface area contributed by atoms with Gasteiger partial charge in [0.05, 0.1) is 16.3 Å². The topological polar surface area (TPSA) is 113 Å². The van der Waals surface area contributed by atoms with Gasteiger partial charge in [-0.05, 0) is 73.2 Å². The normalized spacial score (nSPS) is 14.9. The number of fused-ring (bicyclic) bond motifs is 1. The summed E-state index contributed by atoms with van der Waals surface area (Å²) in [7, 11) is 0. The van der Waals surface area contributed by atoms with Gasteiger partial charge in [-0.2, -0.15) is 0 Å². The summed E-state index contributed by atoms with van der Waals surface area (Å²) in [6, 6.07) is 23.6. The molecule has 5 N–H and O–H groups in total. The van der Waals surface area contributed by atoms with Crippen LogP contribution in [0.15, 0.2) is 77.7 Å². The Kier molecular flexibility index (Phi) is 8.15. The third-order valence-corrected chi connectivity index (χ3v) is 8.30. The molecule has 1 aliphatic rings. The average Bonchev–Trinajstić information content (AvgIpc) is 3.36. The first-order valence-corrected chi connectivity index (χ1v) is 13.9. The number of rotatable bonds is 9. The summed E-state index contributed by atoms with van der Waals surface area (Å²) in [5.74, 6) is -0.00492. The standard InChI is InChI=1S/C28H29N5O2S2/c29-26(30)19-6-3-5-18(15-19)16-24(28-32-23-9-1-2-10-25(23)36-28)33-37-22-8-4-7-20(17-22)27(34)31-21-11-13-35-14-12-21/h1-10,15,17,21,24,33H,11-14,16H2,(H3,29,30)(H,31,34). The van der Waals surface area contributed by atoms with Crippen molar-refractivity contribution in [2.45, 2.75) is 36.2 Å². The Labute approximate surface area is 224 Å². The molecule has 1 fully saturated rings. The Balaban J connectivity index is 1.33. The van der Waals surface area contributed by atoms with Crippen molar-refractivity contribution >= 4 is 45.2 Å². The Morgan fingerprint density at radius 3 is 2.68 bits per heavy atom. The number of hydrogen-bond donors (Lipinski definition) is 4. The number of hydrogen-bond acceptors (Lipinski definition) is 7. The van der Waals surface area contributed by atoms with Crippen LogP contribution in [0.1, 0.15) is 45.4 Å². The molecule has 0 radical (unpaired) electrons. The summed E-state index contributed by atoms with van der Waals surface area (Å²) >= 11 is 3.16. The minimum absolute atomic E-state index is 0.0524. The number of benzene rings is 3. The van der Waals surface area contributed by atoms with Crippen LogP contribution in [-0.4, -0.2) is 36.0 Å². The van der Waals surface area contributed by atoms with Crippen LogP contribution >= 0.6 is 23.3 Å². The lowest BCUT2D eigenvalue weighted by Gasteiger charge is -2.23. The molecule has 0 bridgehead atoms. The fourth-order valence-electron chi connectivity index (χ4n) is 4.27. The second-order valence-corrected chi connectivity index (χ2v) is 11.0. The molecule has 1 saturated heterocycles. The van der Waals surface area contributed by atoms with E-state index < -0.39 is 0 Å². The molecule has 4 aromatic rings. The summed E-state index contributed by atoms with van der Waals surface area (Å²) in [6.45, 7) is 1.38. The lowest BCUT2D eigenvalue weighted by Crippen LogP contribution is -2.38. The second kappa shape index (κ2) is 11.9. The molecule has 0 aliphatic carbocycles. The summed E-state index contributed by atoms with van der Waals surface area (Å²) in [5.41, 5.74) is 9.11. The van der Waals surface area contributed by atoms with Gasteiger partial charge in [-0.15, -0.1) is 11.3 Å². The molecule has 5 rings (SSSR count). The smallest absolute Gasteiger partial charge is 0.251 e. The van der Waals surface area contributed by atoms with E-state index in [1.54, 1.807) is 11.3 Å². The van der Waals surface area contributed by atoms with E-state index in [-0.39, 0.29) is 23.8 Å². The number of thiazole rings is 1. The van der Waals surface area contributed by atoms with Crippen LogP contribution in [0.2, 0.25) is 0 Å². The highest BCUT2D eigenvalue weighted by Gasteiger charge is 2.20. The van der Waals surface area contributed by atoms with Gasteiger partial charge in [0.2, 0.25) is 0 Å². The van der Waals surface area contributed by atoms with Crippen molar-refractivity contribution < 1.29 is 9.53 Å². The molecule has 190 valence electrons. The molecule has 1 atom stereocenters. The van der Waals surface area contributed by atoms with Crippen molar-refractivity contribution in [3.05, 3.63) is 94.5 Å². The predicted octanol–water partition coefficient (Wildman–Crippen LogP) is 5.07. The second-order valence-electron chi connectivity index (χ2n) is 9.00. The zero-order valence-corrected chi connectivity index (χ0v) is 21.9. The van der Waals surface area contributed by atoms with E-state index in [1.165, 1.54) is 11.9 Å². The summed E-state index contributed by atoms with van der Waals surface area (Å²) in [4.78, 5) is 18.7. The molecule has 9 heteroatoms. The molecule has 1 aromatic heterocycles. The molecular formula is C28H29N5O2S2. The van der Waals surface area contributed by atoms with E-state index >= 15 is 0 Å².